The Balaban J connectivity index is 1.58. The van der Waals surface area contributed by atoms with E-state index in [4.69, 9.17) is 0 Å². The zero-order chi connectivity index (χ0) is 19.9. The fourth-order valence-electron chi connectivity index (χ4n) is 3.46. The van der Waals surface area contributed by atoms with Crippen molar-refractivity contribution in [1.29, 1.82) is 0 Å². The summed E-state index contributed by atoms with van der Waals surface area (Å²) in [6.45, 7) is 1.46. The molecule has 10 heteroatoms. The van der Waals surface area contributed by atoms with Gasteiger partial charge in [-0.2, -0.15) is 5.10 Å². The molecule has 1 atom stereocenters. The van der Waals surface area contributed by atoms with Crippen molar-refractivity contribution in [3.8, 4) is 5.69 Å². The number of carbonyl (C=O) groups is 1. The fourth-order valence-corrected chi connectivity index (χ4v) is 5.55. The monoisotopic (exact) mass is 401 g/mol. The Morgan fingerprint density at radius 3 is 2.71 bits per heavy atom. The molecule has 0 spiro atoms. The number of nitrogens with one attached hydrogen (secondary N) is 1. The highest BCUT2D eigenvalue weighted by Crippen LogP contribution is 2.22. The van der Waals surface area contributed by atoms with Crippen LogP contribution in [0.2, 0.25) is 0 Å². The number of hydrogen-bond donors (Lipinski definition) is 1. The Labute approximate surface area is 160 Å². The van der Waals surface area contributed by atoms with Gasteiger partial charge < -0.3 is 5.32 Å². The molecule has 1 fully saturated rings. The molecule has 0 aliphatic carbocycles. The maximum Gasteiger partial charge on any atom is 0.264 e. The standard InChI is InChI=1S/C18H19N5O4S/c1-18(7-8-28(26,27)11-18)21-15(24)10-22-12-19-16-14(17(22)25)9-20-23(16)13-5-3-2-4-6-13/h2-6,9,12H,7-8,10-11H2,1H3,(H,21,24)/t18-/m0/s1. The number of benzene rings is 1. The highest BCUT2D eigenvalue weighted by Gasteiger charge is 2.39. The summed E-state index contributed by atoms with van der Waals surface area (Å²) in [5.74, 6) is -0.476. The third-order valence-corrected chi connectivity index (χ3v) is 6.72. The van der Waals surface area contributed by atoms with E-state index in [0.717, 1.165) is 5.69 Å². The van der Waals surface area contributed by atoms with Crippen molar-refractivity contribution in [2.45, 2.75) is 25.4 Å². The van der Waals surface area contributed by atoms with Crippen LogP contribution in [0.25, 0.3) is 16.7 Å². The fraction of sp³-hybridized carbons (Fsp3) is 0.333. The van der Waals surface area contributed by atoms with Crippen LogP contribution < -0.4 is 10.9 Å². The van der Waals surface area contributed by atoms with Crippen molar-refractivity contribution in [3.05, 3.63) is 53.2 Å². The smallest absolute Gasteiger partial charge is 0.264 e. The molecule has 1 amide bonds. The maximum absolute atomic E-state index is 12.7. The first-order valence-electron chi connectivity index (χ1n) is 8.76. The van der Waals surface area contributed by atoms with Crippen molar-refractivity contribution in [1.82, 2.24) is 24.6 Å². The number of rotatable bonds is 4. The molecule has 0 radical (unpaired) electrons. The van der Waals surface area contributed by atoms with Crippen molar-refractivity contribution in [2.24, 2.45) is 0 Å². The second-order valence-electron chi connectivity index (χ2n) is 7.26. The average Bonchev–Trinajstić information content (AvgIpc) is 3.19. The van der Waals surface area contributed by atoms with Crippen LogP contribution in [0.3, 0.4) is 0 Å². The van der Waals surface area contributed by atoms with Crippen molar-refractivity contribution in [3.63, 3.8) is 0 Å². The third kappa shape index (κ3) is 3.42. The van der Waals surface area contributed by atoms with Crippen LogP contribution in [-0.2, 0) is 21.2 Å². The molecule has 3 heterocycles. The number of sulfone groups is 1. The minimum atomic E-state index is -3.14. The molecule has 1 aliphatic rings. The molecule has 0 unspecified atom stereocenters. The number of fused-ring (bicyclic) bond motifs is 1. The highest BCUT2D eigenvalue weighted by molar-refractivity contribution is 7.91. The van der Waals surface area contributed by atoms with Crippen LogP contribution in [0, 0.1) is 0 Å². The summed E-state index contributed by atoms with van der Waals surface area (Å²) >= 11 is 0. The minimum Gasteiger partial charge on any atom is -0.348 e. The van der Waals surface area contributed by atoms with E-state index >= 15 is 0 Å². The molecule has 2 aromatic heterocycles. The number of amides is 1. The van der Waals surface area contributed by atoms with E-state index in [2.05, 4.69) is 15.4 Å². The van der Waals surface area contributed by atoms with Crippen LogP contribution in [0.15, 0.2) is 47.7 Å². The summed E-state index contributed by atoms with van der Waals surface area (Å²) in [7, 11) is -3.14. The lowest BCUT2D eigenvalue weighted by Crippen LogP contribution is -2.48. The van der Waals surface area contributed by atoms with Gasteiger partial charge in [-0.05, 0) is 25.5 Å². The van der Waals surface area contributed by atoms with Gasteiger partial charge in [0.05, 0.1) is 28.9 Å². The largest absolute Gasteiger partial charge is 0.348 e. The number of nitrogens with zero attached hydrogens (tertiary/aromatic N) is 4. The highest BCUT2D eigenvalue weighted by atomic mass is 32.2. The average molecular weight is 401 g/mol. The molecule has 0 bridgehead atoms. The van der Waals surface area contributed by atoms with Crippen molar-refractivity contribution < 1.29 is 13.2 Å². The Bertz CT molecular complexity index is 1220. The Hall–Kier alpha value is -3.01. The predicted octanol–water partition coefficient (Wildman–Crippen LogP) is 0.276. The predicted molar refractivity (Wildman–Crippen MR) is 103 cm³/mol. The molecule has 1 aliphatic heterocycles. The topological polar surface area (TPSA) is 116 Å². The van der Waals surface area contributed by atoms with Crippen LogP contribution in [0.1, 0.15) is 13.3 Å². The third-order valence-electron chi connectivity index (χ3n) is 4.81. The SMILES string of the molecule is C[C@]1(NC(=O)Cn2cnc3c(cnn3-c3ccccc3)c2=O)CCS(=O)(=O)C1. The van der Waals surface area contributed by atoms with E-state index in [1.807, 2.05) is 30.3 Å². The van der Waals surface area contributed by atoms with Gasteiger partial charge in [-0.1, -0.05) is 18.2 Å². The Morgan fingerprint density at radius 2 is 2.04 bits per heavy atom. The maximum atomic E-state index is 12.7. The van der Waals surface area contributed by atoms with Crippen LogP contribution in [-0.4, -0.2) is 50.7 Å². The van der Waals surface area contributed by atoms with E-state index < -0.39 is 21.3 Å². The van der Waals surface area contributed by atoms with Crippen molar-refractivity contribution >= 4 is 26.8 Å². The van der Waals surface area contributed by atoms with Crippen LogP contribution in [0.4, 0.5) is 0 Å². The summed E-state index contributed by atoms with van der Waals surface area (Å²) in [6.07, 6.45) is 3.09. The van der Waals surface area contributed by atoms with Crippen LogP contribution >= 0.6 is 0 Å². The first-order valence-corrected chi connectivity index (χ1v) is 10.6. The summed E-state index contributed by atoms with van der Waals surface area (Å²) in [5, 5.41) is 7.27. The van der Waals surface area contributed by atoms with Gasteiger partial charge in [-0.15, -0.1) is 0 Å². The Kier molecular flexibility index (Phi) is 4.30. The number of para-hydroxylation sites is 1. The molecule has 4 rings (SSSR count). The minimum absolute atomic E-state index is 0.0515. The molecule has 1 saturated heterocycles. The molecule has 9 nitrogen and oxygen atoms in total. The summed E-state index contributed by atoms with van der Waals surface area (Å²) in [4.78, 5) is 29.4. The quantitative estimate of drug-likeness (QED) is 0.671. The molecule has 1 N–H and O–H groups in total. The molecule has 3 aromatic rings. The normalized spacial score (nSPS) is 21.0. The van der Waals surface area contributed by atoms with Gasteiger partial charge in [0.2, 0.25) is 5.91 Å². The number of carbonyl (C=O) groups excluding carboxylic acids is 1. The first kappa shape index (κ1) is 18.4. The van der Waals surface area contributed by atoms with Crippen molar-refractivity contribution in [2.75, 3.05) is 11.5 Å². The van der Waals surface area contributed by atoms with Gasteiger partial charge in [0.25, 0.3) is 5.56 Å². The van der Waals surface area contributed by atoms with E-state index in [1.165, 1.54) is 17.1 Å². The second kappa shape index (κ2) is 6.55. The zero-order valence-electron chi connectivity index (χ0n) is 15.2. The van der Waals surface area contributed by atoms with Gasteiger partial charge in [0.15, 0.2) is 15.5 Å². The summed E-state index contributed by atoms with van der Waals surface area (Å²) < 4.78 is 26.1. The van der Waals surface area contributed by atoms with E-state index in [0.29, 0.717) is 17.5 Å². The lowest BCUT2D eigenvalue weighted by Gasteiger charge is -2.24. The van der Waals surface area contributed by atoms with Crippen LogP contribution in [0.5, 0.6) is 0 Å². The second-order valence-corrected chi connectivity index (χ2v) is 9.44. The summed E-state index contributed by atoms with van der Waals surface area (Å²) in [5.41, 5.74) is -0.0154. The van der Waals surface area contributed by atoms with Gasteiger partial charge in [0, 0.05) is 0 Å². The first-order chi connectivity index (χ1) is 13.3. The number of aromatic nitrogens is 4. The van der Waals surface area contributed by atoms with E-state index in [-0.39, 0.29) is 23.6 Å². The molecular weight excluding hydrogens is 382 g/mol. The van der Waals surface area contributed by atoms with Gasteiger partial charge in [0.1, 0.15) is 18.3 Å². The molecule has 146 valence electrons. The van der Waals surface area contributed by atoms with Gasteiger partial charge >= 0.3 is 0 Å². The number of hydrogen-bond acceptors (Lipinski definition) is 6. The zero-order valence-corrected chi connectivity index (χ0v) is 16.0. The molecular formula is C18H19N5O4S. The van der Waals surface area contributed by atoms with Gasteiger partial charge in [-0.25, -0.2) is 18.1 Å². The molecule has 28 heavy (non-hydrogen) atoms. The van der Waals surface area contributed by atoms with Gasteiger partial charge in [-0.3, -0.25) is 14.2 Å². The van der Waals surface area contributed by atoms with E-state index in [1.54, 1.807) is 11.6 Å². The lowest BCUT2D eigenvalue weighted by molar-refractivity contribution is -0.123. The molecule has 0 saturated carbocycles. The van der Waals surface area contributed by atoms with E-state index in [9.17, 15) is 18.0 Å². The molecule has 1 aromatic carbocycles. The Morgan fingerprint density at radius 1 is 1.29 bits per heavy atom. The summed E-state index contributed by atoms with van der Waals surface area (Å²) in [6, 6.07) is 9.30. The lowest BCUT2D eigenvalue weighted by atomic mass is 10.0.